The fourth-order valence-electron chi connectivity index (χ4n) is 3.49. The van der Waals surface area contributed by atoms with Gasteiger partial charge in [-0.25, -0.2) is 15.0 Å². The first kappa shape index (κ1) is 17.4. The minimum atomic E-state index is 0.133. The van der Waals surface area contributed by atoms with Gasteiger partial charge in [-0.15, -0.1) is 0 Å². The van der Waals surface area contributed by atoms with Crippen molar-refractivity contribution in [2.24, 2.45) is 7.05 Å². The summed E-state index contributed by atoms with van der Waals surface area (Å²) in [5, 5.41) is 4.21. The maximum absolute atomic E-state index is 12.5. The number of hydrogen-bond donors (Lipinski definition) is 1. The summed E-state index contributed by atoms with van der Waals surface area (Å²) in [5.74, 6) is 1.26. The molecule has 1 saturated heterocycles. The third-order valence-corrected chi connectivity index (χ3v) is 5.14. The molecule has 8 heteroatoms. The number of amides is 1. The van der Waals surface area contributed by atoms with Crippen LogP contribution in [0.25, 0.3) is 11.3 Å². The highest BCUT2D eigenvalue weighted by Crippen LogP contribution is 2.27. The molecule has 8 nitrogen and oxygen atoms in total. The molecule has 4 rings (SSSR count). The minimum absolute atomic E-state index is 0.133. The number of rotatable bonds is 4. The lowest BCUT2D eigenvalue weighted by Crippen LogP contribution is -2.39. The first-order chi connectivity index (χ1) is 13.1. The second kappa shape index (κ2) is 7.30. The second-order valence-corrected chi connectivity index (χ2v) is 7.01. The lowest BCUT2D eigenvalue weighted by atomic mass is 9.95. The number of hydrogen-bond acceptors (Lipinski definition) is 5. The van der Waals surface area contributed by atoms with Gasteiger partial charge in [0, 0.05) is 49.7 Å². The molecule has 4 heterocycles. The molecule has 1 fully saturated rings. The monoisotopic (exact) mass is 365 g/mol. The predicted octanol–water partition coefficient (Wildman–Crippen LogP) is 1.86. The Balaban J connectivity index is 1.39. The van der Waals surface area contributed by atoms with E-state index >= 15 is 0 Å². The molecular weight excluding hydrogens is 342 g/mol. The van der Waals surface area contributed by atoms with Gasteiger partial charge in [0.05, 0.1) is 30.3 Å². The number of imidazole rings is 1. The van der Waals surface area contributed by atoms with Crippen molar-refractivity contribution < 1.29 is 4.79 Å². The highest BCUT2D eigenvalue weighted by Gasteiger charge is 2.26. The molecule has 0 radical (unpaired) electrons. The third kappa shape index (κ3) is 3.74. The van der Waals surface area contributed by atoms with Gasteiger partial charge < -0.3 is 9.88 Å². The maximum Gasteiger partial charge on any atom is 0.228 e. The highest BCUT2D eigenvalue weighted by molar-refractivity contribution is 5.78. The predicted molar refractivity (Wildman–Crippen MR) is 99.8 cm³/mol. The van der Waals surface area contributed by atoms with Crippen molar-refractivity contribution in [3.05, 3.63) is 48.2 Å². The Morgan fingerprint density at radius 1 is 1.30 bits per heavy atom. The van der Waals surface area contributed by atoms with E-state index in [4.69, 9.17) is 4.98 Å². The van der Waals surface area contributed by atoms with Crippen molar-refractivity contribution in [1.29, 1.82) is 0 Å². The normalized spacial score (nSPS) is 15.3. The van der Waals surface area contributed by atoms with E-state index in [2.05, 4.69) is 20.1 Å². The average molecular weight is 365 g/mol. The summed E-state index contributed by atoms with van der Waals surface area (Å²) >= 11 is 0. The number of nitrogens with zero attached hydrogens (tertiary/aromatic N) is 6. The van der Waals surface area contributed by atoms with Crippen LogP contribution >= 0.6 is 0 Å². The highest BCUT2D eigenvalue weighted by atomic mass is 16.2. The molecule has 27 heavy (non-hydrogen) atoms. The Hall–Kier alpha value is -3.03. The van der Waals surface area contributed by atoms with Crippen LogP contribution in [0, 0.1) is 6.92 Å². The molecule has 3 aromatic rings. The van der Waals surface area contributed by atoms with Gasteiger partial charge in [-0.3, -0.25) is 9.48 Å². The Labute approximate surface area is 157 Å². The van der Waals surface area contributed by atoms with Crippen molar-refractivity contribution in [3.8, 4) is 11.3 Å². The molecule has 0 unspecified atom stereocenters. The quantitative estimate of drug-likeness (QED) is 0.762. The summed E-state index contributed by atoms with van der Waals surface area (Å²) in [7, 11) is 1.89. The molecule has 0 bridgehead atoms. The summed E-state index contributed by atoms with van der Waals surface area (Å²) in [6, 6.07) is 1.91. The third-order valence-electron chi connectivity index (χ3n) is 5.14. The van der Waals surface area contributed by atoms with Crippen LogP contribution in [0.2, 0.25) is 0 Å². The number of nitrogens with one attached hydrogen (secondary N) is 1. The fourth-order valence-corrected chi connectivity index (χ4v) is 3.49. The van der Waals surface area contributed by atoms with Gasteiger partial charge in [0.1, 0.15) is 5.82 Å². The first-order valence-electron chi connectivity index (χ1n) is 9.18. The lowest BCUT2D eigenvalue weighted by Gasteiger charge is -2.31. The number of aromatic nitrogens is 6. The molecule has 0 aromatic carbocycles. The Bertz CT molecular complexity index is 937. The van der Waals surface area contributed by atoms with Gasteiger partial charge in [0.15, 0.2) is 0 Å². The van der Waals surface area contributed by atoms with Crippen LogP contribution in [0.15, 0.2) is 31.0 Å². The summed E-state index contributed by atoms with van der Waals surface area (Å²) in [6.07, 6.45) is 9.31. The van der Waals surface area contributed by atoms with Crippen LogP contribution in [0.1, 0.15) is 36.0 Å². The van der Waals surface area contributed by atoms with Crippen molar-refractivity contribution in [3.63, 3.8) is 0 Å². The molecule has 1 aliphatic heterocycles. The van der Waals surface area contributed by atoms with E-state index in [9.17, 15) is 4.79 Å². The van der Waals surface area contributed by atoms with E-state index in [0.717, 1.165) is 54.4 Å². The van der Waals surface area contributed by atoms with Gasteiger partial charge >= 0.3 is 0 Å². The molecule has 0 atom stereocenters. The number of H-pyrrole nitrogens is 1. The van der Waals surface area contributed by atoms with E-state index in [0.29, 0.717) is 6.42 Å². The van der Waals surface area contributed by atoms with Crippen molar-refractivity contribution >= 4 is 5.91 Å². The number of carbonyl (C=O) groups is 1. The van der Waals surface area contributed by atoms with E-state index in [1.807, 2.05) is 43.5 Å². The molecule has 140 valence electrons. The molecule has 1 aliphatic rings. The number of carbonyl (C=O) groups excluding carboxylic acids is 1. The van der Waals surface area contributed by atoms with Gasteiger partial charge in [0.25, 0.3) is 0 Å². The first-order valence-corrected chi connectivity index (χ1v) is 9.18. The van der Waals surface area contributed by atoms with Crippen LogP contribution in [-0.2, 0) is 18.3 Å². The number of piperidine rings is 1. The molecule has 0 spiro atoms. The summed E-state index contributed by atoms with van der Waals surface area (Å²) < 4.78 is 1.77. The summed E-state index contributed by atoms with van der Waals surface area (Å²) in [5.41, 5.74) is 3.66. The van der Waals surface area contributed by atoms with Crippen LogP contribution in [0.5, 0.6) is 0 Å². The molecule has 1 amide bonds. The average Bonchev–Trinajstić information content (AvgIpc) is 3.30. The molecule has 0 saturated carbocycles. The standard InChI is InChI=1S/C19H23N7O/c1-13-17(22-12-21-13)9-18(27)26-7-4-14(5-8-26)19-20-6-3-16(24-19)15-10-23-25(2)11-15/h3,6,10-12,14H,4-5,7-9H2,1-2H3,(H,21,22). The van der Waals surface area contributed by atoms with Gasteiger partial charge in [0.2, 0.25) is 5.91 Å². The van der Waals surface area contributed by atoms with E-state index in [1.54, 1.807) is 11.0 Å². The van der Waals surface area contributed by atoms with E-state index in [-0.39, 0.29) is 11.8 Å². The van der Waals surface area contributed by atoms with Crippen LogP contribution in [0.4, 0.5) is 0 Å². The van der Waals surface area contributed by atoms with Gasteiger partial charge in [-0.1, -0.05) is 0 Å². The van der Waals surface area contributed by atoms with Crippen LogP contribution < -0.4 is 0 Å². The Morgan fingerprint density at radius 2 is 2.11 bits per heavy atom. The summed E-state index contributed by atoms with van der Waals surface area (Å²) in [6.45, 7) is 3.40. The number of aromatic amines is 1. The fraction of sp³-hybridized carbons (Fsp3) is 0.421. The van der Waals surface area contributed by atoms with Gasteiger partial charge in [-0.2, -0.15) is 5.10 Å². The number of aryl methyl sites for hydroxylation is 2. The van der Waals surface area contributed by atoms with Crippen molar-refractivity contribution in [2.75, 3.05) is 13.1 Å². The topological polar surface area (TPSA) is 92.6 Å². The van der Waals surface area contributed by atoms with Crippen LogP contribution in [0.3, 0.4) is 0 Å². The summed E-state index contributed by atoms with van der Waals surface area (Å²) in [4.78, 5) is 30.9. The zero-order chi connectivity index (χ0) is 18.8. The van der Waals surface area contributed by atoms with E-state index in [1.165, 1.54) is 0 Å². The zero-order valence-electron chi connectivity index (χ0n) is 15.6. The van der Waals surface area contributed by atoms with Crippen molar-refractivity contribution in [1.82, 2.24) is 34.6 Å². The molecule has 0 aliphatic carbocycles. The molecule has 1 N–H and O–H groups in total. The lowest BCUT2D eigenvalue weighted by molar-refractivity contribution is -0.131. The maximum atomic E-state index is 12.5. The van der Waals surface area contributed by atoms with Crippen LogP contribution in [-0.4, -0.2) is 53.6 Å². The van der Waals surface area contributed by atoms with Gasteiger partial charge in [-0.05, 0) is 25.8 Å². The van der Waals surface area contributed by atoms with Crippen molar-refractivity contribution in [2.45, 2.75) is 32.1 Å². The molecular formula is C19H23N7O. The Morgan fingerprint density at radius 3 is 2.78 bits per heavy atom. The minimum Gasteiger partial charge on any atom is -0.348 e. The molecule has 3 aromatic heterocycles. The van der Waals surface area contributed by atoms with E-state index < -0.39 is 0 Å². The number of likely N-dealkylation sites (tertiary alicyclic amines) is 1. The second-order valence-electron chi connectivity index (χ2n) is 7.01. The SMILES string of the molecule is Cc1[nH]cnc1CC(=O)N1CCC(c2nccc(-c3cnn(C)c3)n2)CC1. The largest absolute Gasteiger partial charge is 0.348 e. The Kier molecular flexibility index (Phi) is 4.70. The smallest absolute Gasteiger partial charge is 0.228 e. The zero-order valence-corrected chi connectivity index (χ0v) is 15.6.